The fraction of sp³-hybridized carbons (Fsp3) is 0.125. The Bertz CT molecular complexity index is 736. The van der Waals surface area contributed by atoms with E-state index in [1.54, 1.807) is 37.3 Å². The van der Waals surface area contributed by atoms with E-state index in [-0.39, 0.29) is 11.6 Å². The number of benzene rings is 2. The van der Waals surface area contributed by atoms with Crippen molar-refractivity contribution in [1.82, 2.24) is 0 Å². The lowest BCUT2D eigenvalue weighted by molar-refractivity contribution is -0.115. The van der Waals surface area contributed by atoms with Crippen LogP contribution in [0.15, 0.2) is 36.4 Å². The minimum Gasteiger partial charge on any atom is -0.326 e. The second kappa shape index (κ2) is 5.01. The molecule has 5 heteroatoms. The first-order chi connectivity index (χ1) is 10.0. The van der Waals surface area contributed by atoms with Crippen LogP contribution in [-0.4, -0.2) is 11.8 Å². The zero-order valence-electron chi connectivity index (χ0n) is 11.4. The molecule has 0 saturated carbocycles. The van der Waals surface area contributed by atoms with Crippen molar-refractivity contribution in [3.05, 3.63) is 58.9 Å². The summed E-state index contributed by atoms with van der Waals surface area (Å²) in [5.41, 5.74) is 2.69. The van der Waals surface area contributed by atoms with Gasteiger partial charge in [-0.1, -0.05) is 18.2 Å². The van der Waals surface area contributed by atoms with Crippen molar-refractivity contribution in [2.24, 2.45) is 0 Å². The summed E-state index contributed by atoms with van der Waals surface area (Å²) in [6.45, 7) is 1.72. The molecule has 2 aromatic carbocycles. The third-order valence-electron chi connectivity index (χ3n) is 3.46. The van der Waals surface area contributed by atoms with Gasteiger partial charge in [0.2, 0.25) is 5.91 Å². The number of fused-ring (bicyclic) bond motifs is 1. The fourth-order valence-corrected chi connectivity index (χ4v) is 2.33. The number of aryl methyl sites for hydroxylation is 1. The summed E-state index contributed by atoms with van der Waals surface area (Å²) < 4.78 is 13.7. The maximum absolute atomic E-state index is 13.7. The third-order valence-corrected chi connectivity index (χ3v) is 3.46. The van der Waals surface area contributed by atoms with Gasteiger partial charge in [0, 0.05) is 11.3 Å². The molecule has 0 aliphatic carbocycles. The molecule has 1 heterocycles. The minimum atomic E-state index is -0.474. The number of nitrogens with one attached hydrogen (secondary N) is 2. The zero-order valence-corrected chi connectivity index (χ0v) is 11.4. The third kappa shape index (κ3) is 2.50. The molecule has 0 fully saturated rings. The Morgan fingerprint density at radius 2 is 2.10 bits per heavy atom. The summed E-state index contributed by atoms with van der Waals surface area (Å²) >= 11 is 0. The van der Waals surface area contributed by atoms with Crippen LogP contribution in [0.1, 0.15) is 21.5 Å². The summed E-state index contributed by atoms with van der Waals surface area (Å²) in [5.74, 6) is -0.975. The van der Waals surface area contributed by atoms with E-state index in [0.717, 1.165) is 5.56 Å². The molecule has 3 rings (SSSR count). The maximum Gasteiger partial charge on any atom is 0.255 e. The smallest absolute Gasteiger partial charge is 0.255 e. The molecule has 0 unspecified atom stereocenters. The van der Waals surface area contributed by atoms with Gasteiger partial charge < -0.3 is 10.6 Å². The van der Waals surface area contributed by atoms with Gasteiger partial charge in [0.25, 0.3) is 5.91 Å². The highest BCUT2D eigenvalue weighted by molar-refractivity contribution is 6.07. The Morgan fingerprint density at radius 3 is 2.86 bits per heavy atom. The topological polar surface area (TPSA) is 58.2 Å². The van der Waals surface area contributed by atoms with Gasteiger partial charge in [-0.05, 0) is 36.2 Å². The van der Waals surface area contributed by atoms with E-state index >= 15 is 0 Å². The predicted octanol–water partition coefficient (Wildman–Crippen LogP) is 2.88. The molecule has 1 aliphatic rings. The van der Waals surface area contributed by atoms with Crippen LogP contribution < -0.4 is 10.6 Å². The van der Waals surface area contributed by atoms with Gasteiger partial charge in [0.15, 0.2) is 0 Å². The maximum atomic E-state index is 13.7. The van der Waals surface area contributed by atoms with Crippen LogP contribution in [0, 0.1) is 12.7 Å². The number of rotatable bonds is 2. The number of carbonyl (C=O) groups excluding carboxylic acids is 2. The molecule has 0 saturated heterocycles. The Kier molecular flexibility index (Phi) is 3.17. The Morgan fingerprint density at radius 1 is 1.29 bits per heavy atom. The summed E-state index contributed by atoms with van der Waals surface area (Å²) in [4.78, 5) is 23.5. The lowest BCUT2D eigenvalue weighted by Crippen LogP contribution is -2.14. The van der Waals surface area contributed by atoms with Gasteiger partial charge in [-0.25, -0.2) is 4.39 Å². The van der Waals surface area contributed by atoms with Crippen LogP contribution in [0.4, 0.5) is 15.8 Å². The summed E-state index contributed by atoms with van der Waals surface area (Å²) in [6.07, 6.45) is 0.323. The molecule has 0 spiro atoms. The normalized spacial score (nSPS) is 12.8. The van der Waals surface area contributed by atoms with Crippen LogP contribution in [-0.2, 0) is 11.2 Å². The van der Waals surface area contributed by atoms with Crippen molar-refractivity contribution in [3.8, 4) is 0 Å². The van der Waals surface area contributed by atoms with Gasteiger partial charge in [0.1, 0.15) is 5.82 Å². The monoisotopic (exact) mass is 284 g/mol. The summed E-state index contributed by atoms with van der Waals surface area (Å²) in [7, 11) is 0. The molecule has 0 aromatic heterocycles. The lowest BCUT2D eigenvalue weighted by Gasteiger charge is -2.10. The number of amides is 2. The largest absolute Gasteiger partial charge is 0.326 e. The van der Waals surface area contributed by atoms with Gasteiger partial charge in [-0.2, -0.15) is 0 Å². The number of hydrogen-bond acceptors (Lipinski definition) is 2. The van der Waals surface area contributed by atoms with Crippen LogP contribution in [0.5, 0.6) is 0 Å². The first-order valence-corrected chi connectivity index (χ1v) is 6.54. The molecule has 4 nitrogen and oxygen atoms in total. The quantitative estimate of drug-likeness (QED) is 0.891. The highest BCUT2D eigenvalue weighted by Crippen LogP contribution is 2.25. The van der Waals surface area contributed by atoms with Crippen molar-refractivity contribution in [2.75, 3.05) is 10.6 Å². The predicted molar refractivity (Wildman–Crippen MR) is 77.9 cm³/mol. The zero-order chi connectivity index (χ0) is 15.0. The lowest BCUT2D eigenvalue weighted by atomic mass is 10.1. The standard InChI is InChI=1S/C16H13FN2O2/c1-9-3-2-4-12(17)15(9)19-16(21)11-6-5-10-8-14(20)18-13(10)7-11/h2-7H,8H2,1H3,(H,18,20)(H,19,21). The van der Waals surface area contributed by atoms with Gasteiger partial charge >= 0.3 is 0 Å². The van der Waals surface area contributed by atoms with Crippen molar-refractivity contribution < 1.29 is 14.0 Å². The Hall–Kier alpha value is -2.69. The molecule has 0 bridgehead atoms. The average Bonchev–Trinajstić information content (AvgIpc) is 2.81. The number of hydrogen-bond donors (Lipinski definition) is 2. The number of halogens is 1. The van der Waals surface area contributed by atoms with Crippen LogP contribution >= 0.6 is 0 Å². The van der Waals surface area contributed by atoms with Crippen LogP contribution in [0.2, 0.25) is 0 Å². The highest BCUT2D eigenvalue weighted by atomic mass is 19.1. The number of anilines is 2. The SMILES string of the molecule is Cc1cccc(F)c1NC(=O)c1ccc2c(c1)NC(=O)C2. The van der Waals surface area contributed by atoms with Gasteiger partial charge in [-0.3, -0.25) is 9.59 Å². The molecule has 2 aromatic rings. The molecule has 2 amide bonds. The average molecular weight is 284 g/mol. The fourth-order valence-electron chi connectivity index (χ4n) is 2.33. The highest BCUT2D eigenvalue weighted by Gasteiger charge is 2.19. The number of carbonyl (C=O) groups is 2. The molecule has 106 valence electrons. The van der Waals surface area contributed by atoms with Gasteiger partial charge in [0.05, 0.1) is 12.1 Å². The van der Waals surface area contributed by atoms with Crippen molar-refractivity contribution in [2.45, 2.75) is 13.3 Å². The molecule has 0 atom stereocenters. The summed E-state index contributed by atoms with van der Waals surface area (Å²) in [6, 6.07) is 9.57. The van der Waals surface area contributed by atoms with E-state index in [0.29, 0.717) is 23.2 Å². The van der Waals surface area contributed by atoms with Crippen LogP contribution in [0.3, 0.4) is 0 Å². The van der Waals surface area contributed by atoms with Gasteiger partial charge in [-0.15, -0.1) is 0 Å². The molecular formula is C16H13FN2O2. The first kappa shape index (κ1) is 13.3. The van der Waals surface area contributed by atoms with E-state index in [2.05, 4.69) is 10.6 Å². The molecule has 21 heavy (non-hydrogen) atoms. The Labute approximate surface area is 121 Å². The van der Waals surface area contributed by atoms with Crippen molar-refractivity contribution in [1.29, 1.82) is 0 Å². The molecule has 2 N–H and O–H groups in total. The second-order valence-corrected chi connectivity index (χ2v) is 4.98. The number of para-hydroxylation sites is 1. The minimum absolute atomic E-state index is 0.0903. The first-order valence-electron chi connectivity index (χ1n) is 6.54. The van der Waals surface area contributed by atoms with E-state index < -0.39 is 11.7 Å². The van der Waals surface area contributed by atoms with Crippen LogP contribution in [0.25, 0.3) is 0 Å². The van der Waals surface area contributed by atoms with Crippen molar-refractivity contribution >= 4 is 23.2 Å². The Balaban J connectivity index is 1.87. The summed E-state index contributed by atoms with van der Waals surface area (Å²) in [5, 5.41) is 5.26. The van der Waals surface area contributed by atoms with E-state index in [4.69, 9.17) is 0 Å². The molecular weight excluding hydrogens is 271 g/mol. The van der Waals surface area contributed by atoms with Crippen molar-refractivity contribution in [3.63, 3.8) is 0 Å². The molecule has 1 aliphatic heterocycles. The van der Waals surface area contributed by atoms with E-state index in [9.17, 15) is 14.0 Å². The van der Waals surface area contributed by atoms with E-state index in [1.807, 2.05) is 0 Å². The second-order valence-electron chi connectivity index (χ2n) is 4.98. The van der Waals surface area contributed by atoms with E-state index in [1.165, 1.54) is 6.07 Å². The molecule has 0 radical (unpaired) electrons.